The summed E-state index contributed by atoms with van der Waals surface area (Å²) in [6, 6.07) is 14.0. The molecule has 0 aliphatic carbocycles. The molecular formula is C15H13N3O. The van der Waals surface area contributed by atoms with Crippen molar-refractivity contribution in [2.45, 2.75) is 6.54 Å². The van der Waals surface area contributed by atoms with E-state index in [1.165, 1.54) is 5.39 Å². The molecular weight excluding hydrogens is 238 g/mol. The third-order valence-electron chi connectivity index (χ3n) is 2.81. The van der Waals surface area contributed by atoms with Gasteiger partial charge in [-0.25, -0.2) is 4.98 Å². The molecule has 0 radical (unpaired) electrons. The number of nitrogens with zero attached hydrogens (tertiary/aromatic N) is 2. The molecule has 0 saturated heterocycles. The van der Waals surface area contributed by atoms with Gasteiger partial charge < -0.3 is 10.5 Å². The summed E-state index contributed by atoms with van der Waals surface area (Å²) in [5, 5.41) is 2.31. The third-order valence-corrected chi connectivity index (χ3v) is 2.81. The van der Waals surface area contributed by atoms with Gasteiger partial charge in [-0.15, -0.1) is 0 Å². The number of nitrogens with two attached hydrogens (primary N) is 1. The fraction of sp³-hybridized carbons (Fsp3) is 0.0667. The van der Waals surface area contributed by atoms with Crippen LogP contribution in [0.5, 0.6) is 11.6 Å². The predicted molar refractivity (Wildman–Crippen MR) is 73.9 cm³/mol. The van der Waals surface area contributed by atoms with Crippen molar-refractivity contribution in [3.05, 3.63) is 60.6 Å². The second kappa shape index (κ2) is 5.04. The number of hydrogen-bond donors (Lipinski definition) is 1. The van der Waals surface area contributed by atoms with Crippen molar-refractivity contribution in [3.8, 4) is 11.6 Å². The van der Waals surface area contributed by atoms with E-state index >= 15 is 0 Å². The second-order valence-electron chi connectivity index (χ2n) is 4.16. The Morgan fingerprint density at radius 1 is 1.00 bits per heavy atom. The lowest BCUT2D eigenvalue weighted by molar-refractivity contribution is 0.458. The summed E-state index contributed by atoms with van der Waals surface area (Å²) in [5.74, 6) is 1.19. The molecule has 0 aliphatic rings. The summed E-state index contributed by atoms with van der Waals surface area (Å²) in [6.07, 6.45) is 3.21. The van der Waals surface area contributed by atoms with E-state index in [9.17, 15) is 0 Å². The van der Waals surface area contributed by atoms with Crippen LogP contribution in [0.4, 0.5) is 0 Å². The number of rotatable bonds is 3. The van der Waals surface area contributed by atoms with Crippen molar-refractivity contribution in [2.24, 2.45) is 5.73 Å². The molecule has 0 atom stereocenters. The number of hydrogen-bond acceptors (Lipinski definition) is 4. The maximum atomic E-state index is 5.70. The average molecular weight is 251 g/mol. The summed E-state index contributed by atoms with van der Waals surface area (Å²) in [6.45, 7) is 0.349. The molecule has 0 amide bonds. The van der Waals surface area contributed by atoms with E-state index in [2.05, 4.69) is 16.0 Å². The molecule has 0 fully saturated rings. The molecule has 1 heterocycles. The fourth-order valence-electron chi connectivity index (χ4n) is 1.89. The summed E-state index contributed by atoms with van der Waals surface area (Å²) >= 11 is 0. The van der Waals surface area contributed by atoms with Crippen molar-refractivity contribution in [1.82, 2.24) is 9.97 Å². The molecule has 2 aromatic carbocycles. The van der Waals surface area contributed by atoms with E-state index in [0.29, 0.717) is 18.1 Å². The summed E-state index contributed by atoms with van der Waals surface area (Å²) in [7, 11) is 0. The van der Waals surface area contributed by atoms with Crippen LogP contribution in [-0.2, 0) is 6.54 Å². The lowest BCUT2D eigenvalue weighted by atomic mass is 10.1. The first-order valence-corrected chi connectivity index (χ1v) is 6.03. The number of fused-ring (bicyclic) bond motifs is 1. The minimum Gasteiger partial charge on any atom is -0.437 e. The van der Waals surface area contributed by atoms with Crippen molar-refractivity contribution in [2.75, 3.05) is 0 Å². The number of aromatic nitrogens is 2. The Morgan fingerprint density at radius 3 is 2.68 bits per heavy atom. The largest absolute Gasteiger partial charge is 0.437 e. The van der Waals surface area contributed by atoms with Gasteiger partial charge in [0.15, 0.2) is 0 Å². The molecule has 3 aromatic rings. The van der Waals surface area contributed by atoms with E-state index in [-0.39, 0.29) is 0 Å². The molecule has 0 saturated carbocycles. The molecule has 4 heteroatoms. The van der Waals surface area contributed by atoms with Gasteiger partial charge >= 0.3 is 0 Å². The summed E-state index contributed by atoms with van der Waals surface area (Å²) < 4.78 is 5.70. The Kier molecular flexibility index (Phi) is 3.08. The van der Waals surface area contributed by atoms with Crippen LogP contribution < -0.4 is 10.5 Å². The molecule has 0 aliphatic heterocycles. The molecule has 19 heavy (non-hydrogen) atoms. The zero-order valence-electron chi connectivity index (χ0n) is 10.3. The van der Waals surface area contributed by atoms with Gasteiger partial charge in [0.1, 0.15) is 5.75 Å². The van der Waals surface area contributed by atoms with Gasteiger partial charge in [0, 0.05) is 12.7 Å². The second-order valence-corrected chi connectivity index (χ2v) is 4.16. The van der Waals surface area contributed by atoms with Gasteiger partial charge in [0.25, 0.3) is 0 Å². The first-order chi connectivity index (χ1) is 9.35. The normalized spacial score (nSPS) is 10.6. The lowest BCUT2D eigenvalue weighted by Crippen LogP contribution is -2.01. The quantitative estimate of drug-likeness (QED) is 0.777. The summed E-state index contributed by atoms with van der Waals surface area (Å²) in [4.78, 5) is 8.30. The van der Waals surface area contributed by atoms with Crippen LogP contribution in [0.25, 0.3) is 10.8 Å². The zero-order chi connectivity index (χ0) is 13.1. The van der Waals surface area contributed by atoms with Crippen molar-refractivity contribution < 1.29 is 4.74 Å². The molecule has 1 aromatic heterocycles. The number of benzene rings is 2. The highest BCUT2D eigenvalue weighted by Gasteiger charge is 2.02. The standard InChI is InChI=1S/C15H13N3O/c16-8-13-9-17-10-15(18-13)19-14-6-5-11-3-1-2-4-12(11)7-14/h1-7,9-10H,8,16H2. The number of ether oxygens (including phenoxy) is 1. The molecule has 0 spiro atoms. The van der Waals surface area contributed by atoms with Crippen LogP contribution in [0, 0.1) is 0 Å². The zero-order valence-corrected chi connectivity index (χ0v) is 10.3. The van der Waals surface area contributed by atoms with Crippen LogP contribution in [-0.4, -0.2) is 9.97 Å². The molecule has 4 nitrogen and oxygen atoms in total. The highest BCUT2D eigenvalue weighted by atomic mass is 16.5. The first-order valence-electron chi connectivity index (χ1n) is 6.03. The van der Waals surface area contributed by atoms with Crippen molar-refractivity contribution in [1.29, 1.82) is 0 Å². The van der Waals surface area contributed by atoms with Crippen LogP contribution in [0.15, 0.2) is 54.9 Å². The van der Waals surface area contributed by atoms with Gasteiger partial charge in [0.05, 0.1) is 11.9 Å². The maximum Gasteiger partial charge on any atom is 0.238 e. The topological polar surface area (TPSA) is 61.0 Å². The average Bonchev–Trinajstić information content (AvgIpc) is 2.47. The van der Waals surface area contributed by atoms with Gasteiger partial charge in [-0.1, -0.05) is 30.3 Å². The monoisotopic (exact) mass is 251 g/mol. The molecule has 94 valence electrons. The molecule has 0 unspecified atom stereocenters. The fourth-order valence-corrected chi connectivity index (χ4v) is 1.89. The highest BCUT2D eigenvalue weighted by Crippen LogP contribution is 2.24. The Labute approximate surface area is 110 Å². The SMILES string of the molecule is NCc1cncc(Oc2ccc3ccccc3c2)n1. The van der Waals surface area contributed by atoms with Gasteiger partial charge in [-0.3, -0.25) is 4.98 Å². The lowest BCUT2D eigenvalue weighted by Gasteiger charge is -2.06. The summed E-state index contributed by atoms with van der Waals surface area (Å²) in [5.41, 5.74) is 6.24. The smallest absolute Gasteiger partial charge is 0.238 e. The van der Waals surface area contributed by atoms with Gasteiger partial charge in [-0.2, -0.15) is 0 Å². The van der Waals surface area contributed by atoms with Crippen molar-refractivity contribution in [3.63, 3.8) is 0 Å². The van der Waals surface area contributed by atoms with E-state index < -0.39 is 0 Å². The molecule has 0 bridgehead atoms. The molecule has 2 N–H and O–H groups in total. The highest BCUT2D eigenvalue weighted by molar-refractivity contribution is 5.83. The maximum absolute atomic E-state index is 5.70. The van der Waals surface area contributed by atoms with Crippen molar-refractivity contribution >= 4 is 10.8 Å². The van der Waals surface area contributed by atoms with E-state index in [1.54, 1.807) is 12.4 Å². The minimum atomic E-state index is 0.349. The Morgan fingerprint density at radius 2 is 1.84 bits per heavy atom. The Hall–Kier alpha value is -2.46. The minimum absolute atomic E-state index is 0.349. The van der Waals surface area contributed by atoms with E-state index in [4.69, 9.17) is 10.5 Å². The first kappa shape index (κ1) is 11.6. The van der Waals surface area contributed by atoms with E-state index in [0.717, 1.165) is 11.1 Å². The van der Waals surface area contributed by atoms with Crippen LogP contribution in [0.3, 0.4) is 0 Å². The van der Waals surface area contributed by atoms with Crippen LogP contribution in [0.2, 0.25) is 0 Å². The predicted octanol–water partition coefficient (Wildman–Crippen LogP) is 2.88. The Balaban J connectivity index is 1.92. The van der Waals surface area contributed by atoms with Gasteiger partial charge in [0.2, 0.25) is 5.88 Å². The van der Waals surface area contributed by atoms with Crippen LogP contribution >= 0.6 is 0 Å². The molecule has 3 rings (SSSR count). The third kappa shape index (κ3) is 2.53. The van der Waals surface area contributed by atoms with E-state index in [1.807, 2.05) is 36.4 Å². The Bertz CT molecular complexity index is 712. The van der Waals surface area contributed by atoms with Crippen LogP contribution in [0.1, 0.15) is 5.69 Å². The van der Waals surface area contributed by atoms with Gasteiger partial charge in [-0.05, 0) is 22.9 Å².